The lowest BCUT2D eigenvalue weighted by Gasteiger charge is -2.35. The summed E-state index contributed by atoms with van der Waals surface area (Å²) in [7, 11) is 0. The molecule has 6 heteroatoms. The second kappa shape index (κ2) is 8.52. The van der Waals surface area contributed by atoms with E-state index in [9.17, 15) is 9.59 Å². The third-order valence-corrected chi connectivity index (χ3v) is 4.34. The number of ether oxygens (including phenoxy) is 1. The lowest BCUT2D eigenvalue weighted by molar-refractivity contribution is -0.142. The molecule has 2 heterocycles. The van der Waals surface area contributed by atoms with E-state index in [1.165, 1.54) is 0 Å². The Morgan fingerprint density at radius 2 is 2.08 bits per heavy atom. The molecule has 1 saturated heterocycles. The van der Waals surface area contributed by atoms with Gasteiger partial charge in [-0.15, -0.1) is 0 Å². The zero-order chi connectivity index (χ0) is 19.3. The van der Waals surface area contributed by atoms with Gasteiger partial charge in [0, 0.05) is 37.3 Å². The number of pyridine rings is 1. The second-order valence-electron chi connectivity index (χ2n) is 8.23. The number of carbonyl (C=O) groups excluding carboxylic acids is 2. The summed E-state index contributed by atoms with van der Waals surface area (Å²) in [5.74, 6) is 0.545. The Balaban J connectivity index is 1.86. The fraction of sp³-hybridized carbons (Fsp3) is 0.650. The molecule has 2 rings (SSSR count). The average molecular weight is 361 g/mol. The van der Waals surface area contributed by atoms with Crippen LogP contribution in [0.4, 0.5) is 0 Å². The number of rotatable bonds is 5. The fourth-order valence-electron chi connectivity index (χ4n) is 3.01. The number of amides is 2. The van der Waals surface area contributed by atoms with E-state index in [2.05, 4.69) is 10.3 Å². The van der Waals surface area contributed by atoms with Gasteiger partial charge in [-0.3, -0.25) is 9.59 Å². The van der Waals surface area contributed by atoms with Crippen molar-refractivity contribution >= 4 is 11.8 Å². The summed E-state index contributed by atoms with van der Waals surface area (Å²) in [4.78, 5) is 31.0. The number of hydrogen-bond acceptors (Lipinski definition) is 4. The van der Waals surface area contributed by atoms with Crippen molar-refractivity contribution in [3.8, 4) is 5.88 Å². The first kappa shape index (κ1) is 20.2. The highest BCUT2D eigenvalue weighted by Crippen LogP contribution is 2.23. The van der Waals surface area contributed by atoms with Gasteiger partial charge in [0.15, 0.2) is 0 Å². The van der Waals surface area contributed by atoms with E-state index in [1.807, 2.05) is 51.7 Å². The highest BCUT2D eigenvalue weighted by Gasteiger charge is 2.33. The van der Waals surface area contributed by atoms with Gasteiger partial charge in [0.1, 0.15) is 0 Å². The van der Waals surface area contributed by atoms with Gasteiger partial charge in [-0.1, -0.05) is 26.8 Å². The molecule has 1 aliphatic heterocycles. The van der Waals surface area contributed by atoms with Crippen LogP contribution in [0.2, 0.25) is 0 Å². The molecule has 26 heavy (non-hydrogen) atoms. The number of nitrogens with one attached hydrogen (secondary N) is 1. The maximum absolute atomic E-state index is 12.5. The van der Waals surface area contributed by atoms with Gasteiger partial charge in [0.05, 0.1) is 12.0 Å². The zero-order valence-electron chi connectivity index (χ0n) is 16.5. The predicted octanol–water partition coefficient (Wildman–Crippen LogP) is 2.77. The lowest BCUT2D eigenvalue weighted by Crippen LogP contribution is -2.48. The zero-order valence-corrected chi connectivity index (χ0v) is 16.5. The van der Waals surface area contributed by atoms with E-state index in [4.69, 9.17) is 4.74 Å². The Bertz CT molecular complexity index is 620. The summed E-state index contributed by atoms with van der Waals surface area (Å²) in [5, 5.41) is 2.97. The van der Waals surface area contributed by atoms with Gasteiger partial charge < -0.3 is 15.0 Å². The van der Waals surface area contributed by atoms with Crippen molar-refractivity contribution < 1.29 is 14.3 Å². The van der Waals surface area contributed by atoms with E-state index in [0.717, 1.165) is 24.9 Å². The molecule has 1 N–H and O–H groups in total. The average Bonchev–Trinajstić information content (AvgIpc) is 2.59. The van der Waals surface area contributed by atoms with Crippen molar-refractivity contribution in [1.29, 1.82) is 0 Å². The number of nitrogens with zero attached hydrogens (tertiary/aromatic N) is 2. The van der Waals surface area contributed by atoms with E-state index in [-0.39, 0.29) is 23.8 Å². The number of carbonyl (C=O) groups is 2. The Kier molecular flexibility index (Phi) is 6.62. The first-order chi connectivity index (χ1) is 12.2. The normalized spacial score (nSPS) is 17.9. The number of aromatic nitrogens is 1. The molecule has 1 fully saturated rings. The first-order valence-corrected chi connectivity index (χ1v) is 9.35. The molecule has 6 nitrogen and oxygen atoms in total. The van der Waals surface area contributed by atoms with Crippen LogP contribution in [0, 0.1) is 11.3 Å². The van der Waals surface area contributed by atoms with E-state index in [1.54, 1.807) is 6.20 Å². The molecular weight excluding hydrogens is 330 g/mol. The van der Waals surface area contributed by atoms with E-state index < -0.39 is 5.41 Å². The molecule has 1 atom stereocenters. The topological polar surface area (TPSA) is 71.5 Å². The van der Waals surface area contributed by atoms with Crippen LogP contribution >= 0.6 is 0 Å². The molecular formula is C20H31N3O3. The van der Waals surface area contributed by atoms with Crippen molar-refractivity contribution in [2.45, 2.75) is 60.1 Å². The van der Waals surface area contributed by atoms with Crippen LogP contribution in [-0.4, -0.2) is 40.9 Å². The summed E-state index contributed by atoms with van der Waals surface area (Å²) in [5.41, 5.74) is 0.511. The Morgan fingerprint density at radius 3 is 2.65 bits per heavy atom. The summed E-state index contributed by atoms with van der Waals surface area (Å²) in [6, 6.07) is 3.72. The molecule has 0 radical (unpaired) electrons. The van der Waals surface area contributed by atoms with Crippen LogP contribution < -0.4 is 10.1 Å². The maximum Gasteiger partial charge on any atom is 0.227 e. The van der Waals surface area contributed by atoms with Gasteiger partial charge >= 0.3 is 0 Å². The lowest BCUT2D eigenvalue weighted by atomic mass is 9.91. The Morgan fingerprint density at radius 1 is 1.35 bits per heavy atom. The SMILES string of the molecule is CC(C)Oc1ccc(CNC(=O)C2CCCN(C(=O)C(C)(C)C)C2)cn1. The fourth-order valence-corrected chi connectivity index (χ4v) is 3.01. The van der Waals surface area contributed by atoms with Crippen molar-refractivity contribution in [2.75, 3.05) is 13.1 Å². The molecule has 1 unspecified atom stereocenters. The Labute approximate surface area is 156 Å². The van der Waals surface area contributed by atoms with Gasteiger partial charge in [0.25, 0.3) is 0 Å². The van der Waals surface area contributed by atoms with Crippen molar-refractivity contribution in [1.82, 2.24) is 15.2 Å². The van der Waals surface area contributed by atoms with Crippen LogP contribution in [0.15, 0.2) is 18.3 Å². The first-order valence-electron chi connectivity index (χ1n) is 9.35. The molecule has 1 aromatic rings. The molecule has 0 saturated carbocycles. The summed E-state index contributed by atoms with van der Waals surface area (Å²) in [6.45, 7) is 11.3. The third-order valence-electron chi connectivity index (χ3n) is 4.34. The highest BCUT2D eigenvalue weighted by molar-refractivity contribution is 5.83. The highest BCUT2D eigenvalue weighted by atomic mass is 16.5. The van der Waals surface area contributed by atoms with E-state index in [0.29, 0.717) is 19.0 Å². The summed E-state index contributed by atoms with van der Waals surface area (Å²) >= 11 is 0. The predicted molar refractivity (Wildman–Crippen MR) is 101 cm³/mol. The smallest absolute Gasteiger partial charge is 0.227 e. The summed E-state index contributed by atoms with van der Waals surface area (Å²) in [6.07, 6.45) is 3.48. The molecule has 0 aliphatic carbocycles. The molecule has 1 aromatic heterocycles. The standard InChI is InChI=1S/C20H31N3O3/c1-14(2)26-17-9-8-15(11-21-17)12-22-18(24)16-7-6-10-23(13-16)19(25)20(3,4)5/h8-9,11,14,16H,6-7,10,12-13H2,1-5H3,(H,22,24). The third kappa shape index (κ3) is 5.71. The van der Waals surface area contributed by atoms with Gasteiger partial charge in [-0.25, -0.2) is 4.98 Å². The van der Waals surface area contributed by atoms with Gasteiger partial charge in [-0.2, -0.15) is 0 Å². The Hall–Kier alpha value is -2.11. The van der Waals surface area contributed by atoms with Crippen molar-refractivity contribution in [3.63, 3.8) is 0 Å². The number of likely N-dealkylation sites (tertiary alicyclic amines) is 1. The van der Waals surface area contributed by atoms with Crippen LogP contribution in [0.1, 0.15) is 53.0 Å². The van der Waals surface area contributed by atoms with Crippen LogP contribution in [0.5, 0.6) is 5.88 Å². The minimum atomic E-state index is -0.413. The minimum absolute atomic E-state index is 0.00100. The van der Waals surface area contributed by atoms with Gasteiger partial charge in [0.2, 0.25) is 17.7 Å². The van der Waals surface area contributed by atoms with E-state index >= 15 is 0 Å². The molecule has 144 valence electrons. The van der Waals surface area contributed by atoms with Crippen LogP contribution in [-0.2, 0) is 16.1 Å². The van der Waals surface area contributed by atoms with Crippen molar-refractivity contribution in [2.24, 2.45) is 11.3 Å². The molecule has 0 bridgehead atoms. The van der Waals surface area contributed by atoms with Crippen molar-refractivity contribution in [3.05, 3.63) is 23.9 Å². The maximum atomic E-state index is 12.5. The quantitative estimate of drug-likeness (QED) is 0.875. The molecule has 2 amide bonds. The second-order valence-corrected chi connectivity index (χ2v) is 8.23. The van der Waals surface area contributed by atoms with Gasteiger partial charge in [-0.05, 0) is 32.3 Å². The van der Waals surface area contributed by atoms with Crippen LogP contribution in [0.3, 0.4) is 0 Å². The largest absolute Gasteiger partial charge is 0.475 e. The summed E-state index contributed by atoms with van der Waals surface area (Å²) < 4.78 is 5.52. The molecule has 0 spiro atoms. The molecule has 0 aromatic carbocycles. The monoisotopic (exact) mass is 361 g/mol. The number of hydrogen-bond donors (Lipinski definition) is 1. The minimum Gasteiger partial charge on any atom is -0.475 e. The molecule has 1 aliphatic rings. The number of piperidine rings is 1. The van der Waals surface area contributed by atoms with Crippen LogP contribution in [0.25, 0.3) is 0 Å².